The monoisotopic (exact) mass is 376 g/mol. The largest absolute Gasteiger partial charge is 0.375 e. The van der Waals surface area contributed by atoms with Gasteiger partial charge in [-0.15, -0.1) is 11.3 Å². The van der Waals surface area contributed by atoms with Crippen LogP contribution in [0.15, 0.2) is 24.4 Å². The van der Waals surface area contributed by atoms with Crippen molar-refractivity contribution >= 4 is 29.0 Å². The third kappa shape index (κ3) is 3.81. The quantitative estimate of drug-likeness (QED) is 0.840. The zero-order valence-corrected chi connectivity index (χ0v) is 16.1. The first-order valence-corrected chi connectivity index (χ1v) is 9.56. The molecule has 0 unspecified atom stereocenters. The van der Waals surface area contributed by atoms with Crippen molar-refractivity contribution in [3.8, 4) is 0 Å². The summed E-state index contributed by atoms with van der Waals surface area (Å²) >= 11 is 1.44. The summed E-state index contributed by atoms with van der Waals surface area (Å²) in [5.74, 6) is 0.518. The molecule has 3 heterocycles. The summed E-state index contributed by atoms with van der Waals surface area (Å²) < 4.78 is 6.75. The van der Waals surface area contributed by atoms with E-state index in [0.717, 1.165) is 24.3 Å². The lowest BCUT2D eigenvalue weighted by molar-refractivity contribution is -0.136. The van der Waals surface area contributed by atoms with E-state index < -0.39 is 0 Å². The number of anilines is 1. The predicted octanol–water partition coefficient (Wildman–Crippen LogP) is 3.09. The number of likely N-dealkylation sites (tertiary alicyclic amines) is 1. The summed E-state index contributed by atoms with van der Waals surface area (Å²) in [5, 5.41) is 7.14. The number of hydrogen-bond donors (Lipinski definition) is 1. The van der Waals surface area contributed by atoms with Crippen LogP contribution in [0.3, 0.4) is 0 Å². The molecular weight excluding hydrogens is 352 g/mol. The number of carbonyl (C=O) groups is 2. The summed E-state index contributed by atoms with van der Waals surface area (Å²) in [6.45, 7) is 4.85. The average Bonchev–Trinajstić information content (AvgIpc) is 3.34. The number of nitrogens with zero attached hydrogens (tertiary/aromatic N) is 3. The summed E-state index contributed by atoms with van der Waals surface area (Å²) in [5.41, 5.74) is 0. The molecule has 0 saturated carbocycles. The highest BCUT2D eigenvalue weighted by Gasteiger charge is 2.31. The van der Waals surface area contributed by atoms with Gasteiger partial charge in [0, 0.05) is 30.6 Å². The number of rotatable bonds is 6. The van der Waals surface area contributed by atoms with Gasteiger partial charge >= 0.3 is 0 Å². The Morgan fingerprint density at radius 2 is 2.19 bits per heavy atom. The number of ether oxygens (including phenoxy) is 1. The maximum absolute atomic E-state index is 12.6. The molecule has 7 nitrogen and oxygen atoms in total. The van der Waals surface area contributed by atoms with Crippen LogP contribution in [0.2, 0.25) is 0 Å². The van der Waals surface area contributed by atoms with Crippen LogP contribution in [0.25, 0.3) is 0 Å². The fraction of sp³-hybridized carbons (Fsp3) is 0.500. The van der Waals surface area contributed by atoms with Crippen molar-refractivity contribution in [3.05, 3.63) is 34.2 Å². The summed E-state index contributed by atoms with van der Waals surface area (Å²) in [6.07, 6.45) is 3.55. The zero-order chi connectivity index (χ0) is 18.7. The van der Waals surface area contributed by atoms with Crippen molar-refractivity contribution in [3.63, 3.8) is 0 Å². The molecule has 3 rings (SSSR count). The molecule has 0 spiro atoms. The van der Waals surface area contributed by atoms with Gasteiger partial charge in [-0.25, -0.2) is 4.68 Å². The first-order valence-electron chi connectivity index (χ1n) is 8.74. The van der Waals surface area contributed by atoms with Gasteiger partial charge in [0.25, 0.3) is 5.91 Å². The smallest absolute Gasteiger partial charge is 0.266 e. The van der Waals surface area contributed by atoms with Crippen molar-refractivity contribution in [1.82, 2.24) is 14.7 Å². The molecule has 8 heteroatoms. The van der Waals surface area contributed by atoms with Crippen molar-refractivity contribution in [2.75, 3.05) is 25.6 Å². The SMILES string of the molecule is COCC(=O)N1CCC[C@H]1c1ccc(C(=O)Nc2ccnn2C(C)C)s1. The number of thiophene rings is 1. The van der Waals surface area contributed by atoms with Gasteiger partial charge in [0.05, 0.1) is 17.1 Å². The lowest BCUT2D eigenvalue weighted by Gasteiger charge is -2.23. The van der Waals surface area contributed by atoms with E-state index in [0.29, 0.717) is 10.7 Å². The van der Waals surface area contributed by atoms with Crippen LogP contribution in [-0.2, 0) is 9.53 Å². The van der Waals surface area contributed by atoms with Crippen LogP contribution < -0.4 is 5.32 Å². The number of nitrogens with one attached hydrogen (secondary N) is 1. The lowest BCUT2D eigenvalue weighted by atomic mass is 10.2. The Morgan fingerprint density at radius 1 is 1.38 bits per heavy atom. The van der Waals surface area contributed by atoms with Gasteiger partial charge in [0.2, 0.25) is 5.91 Å². The summed E-state index contributed by atoms with van der Waals surface area (Å²) in [7, 11) is 1.53. The standard InChI is InChI=1S/C18H24N4O3S/c1-12(2)22-16(8-9-19-22)20-18(24)15-7-6-14(26-15)13-5-4-10-21(13)17(23)11-25-3/h6-9,12-13H,4-5,10-11H2,1-3H3,(H,20,24)/t13-/m0/s1. The predicted molar refractivity (Wildman–Crippen MR) is 100 cm³/mol. The van der Waals surface area contributed by atoms with Crippen LogP contribution in [0.1, 0.15) is 53.3 Å². The second-order valence-corrected chi connectivity index (χ2v) is 7.70. The topological polar surface area (TPSA) is 76.5 Å². The molecule has 2 aromatic rings. The van der Waals surface area contributed by atoms with Crippen molar-refractivity contribution < 1.29 is 14.3 Å². The molecule has 0 bridgehead atoms. The highest BCUT2D eigenvalue weighted by Crippen LogP contribution is 2.36. The van der Waals surface area contributed by atoms with E-state index in [9.17, 15) is 9.59 Å². The molecule has 1 N–H and O–H groups in total. The van der Waals surface area contributed by atoms with Gasteiger partial charge in [-0.2, -0.15) is 5.10 Å². The van der Waals surface area contributed by atoms with E-state index in [4.69, 9.17) is 4.74 Å². The third-order valence-corrected chi connectivity index (χ3v) is 5.61. The van der Waals surface area contributed by atoms with Gasteiger partial charge in [-0.05, 0) is 38.8 Å². The molecule has 1 aliphatic heterocycles. The maximum Gasteiger partial charge on any atom is 0.266 e. The van der Waals surface area contributed by atoms with Crippen molar-refractivity contribution in [2.24, 2.45) is 0 Å². The first kappa shape index (κ1) is 18.6. The van der Waals surface area contributed by atoms with Crippen LogP contribution in [0, 0.1) is 0 Å². The van der Waals surface area contributed by atoms with E-state index in [1.165, 1.54) is 18.4 Å². The molecule has 1 fully saturated rings. The Kier molecular flexibility index (Phi) is 5.73. The molecule has 2 aromatic heterocycles. The molecule has 1 saturated heterocycles. The van der Waals surface area contributed by atoms with Crippen LogP contribution in [0.4, 0.5) is 5.82 Å². The first-order chi connectivity index (χ1) is 12.5. The van der Waals surface area contributed by atoms with Crippen LogP contribution in [0.5, 0.6) is 0 Å². The maximum atomic E-state index is 12.6. The van der Waals surface area contributed by atoms with Gasteiger partial charge in [0.1, 0.15) is 12.4 Å². The molecule has 140 valence electrons. The Labute approximate surface area is 156 Å². The van der Waals surface area contributed by atoms with E-state index >= 15 is 0 Å². The van der Waals surface area contributed by atoms with E-state index in [1.807, 2.05) is 30.9 Å². The molecule has 1 aliphatic rings. The molecule has 26 heavy (non-hydrogen) atoms. The number of hydrogen-bond acceptors (Lipinski definition) is 5. The molecular formula is C18H24N4O3S. The number of methoxy groups -OCH3 is 1. The average molecular weight is 376 g/mol. The summed E-state index contributed by atoms with van der Waals surface area (Å²) in [6, 6.07) is 5.75. The highest BCUT2D eigenvalue weighted by atomic mass is 32.1. The minimum Gasteiger partial charge on any atom is -0.375 e. The Balaban J connectivity index is 1.72. The lowest BCUT2D eigenvalue weighted by Crippen LogP contribution is -2.32. The second kappa shape index (κ2) is 8.01. The van der Waals surface area contributed by atoms with E-state index in [1.54, 1.807) is 16.9 Å². The minimum atomic E-state index is -0.156. The van der Waals surface area contributed by atoms with Gasteiger partial charge in [0.15, 0.2) is 0 Å². The highest BCUT2D eigenvalue weighted by molar-refractivity contribution is 7.14. The fourth-order valence-electron chi connectivity index (χ4n) is 3.22. The number of aromatic nitrogens is 2. The van der Waals surface area contributed by atoms with Crippen molar-refractivity contribution in [2.45, 2.75) is 38.8 Å². The molecule has 0 aliphatic carbocycles. The van der Waals surface area contributed by atoms with Gasteiger partial charge in [-0.3, -0.25) is 9.59 Å². The Morgan fingerprint density at radius 3 is 2.92 bits per heavy atom. The number of carbonyl (C=O) groups excluding carboxylic acids is 2. The Bertz CT molecular complexity index is 783. The van der Waals surface area contributed by atoms with Gasteiger partial charge < -0.3 is 15.0 Å². The minimum absolute atomic E-state index is 0.00441. The molecule has 0 radical (unpaired) electrons. The molecule has 2 amide bonds. The van der Waals surface area contributed by atoms with E-state index in [-0.39, 0.29) is 30.5 Å². The fourth-order valence-corrected chi connectivity index (χ4v) is 4.28. The zero-order valence-electron chi connectivity index (χ0n) is 15.3. The van der Waals surface area contributed by atoms with E-state index in [2.05, 4.69) is 10.4 Å². The number of amides is 2. The van der Waals surface area contributed by atoms with Gasteiger partial charge in [-0.1, -0.05) is 0 Å². The van der Waals surface area contributed by atoms with Crippen molar-refractivity contribution in [1.29, 1.82) is 0 Å². The second-order valence-electron chi connectivity index (χ2n) is 6.59. The Hall–Kier alpha value is -2.19. The summed E-state index contributed by atoms with van der Waals surface area (Å²) in [4.78, 5) is 28.3. The normalized spacial score (nSPS) is 17.1. The van der Waals surface area contributed by atoms with Crippen LogP contribution >= 0.6 is 11.3 Å². The molecule has 0 aromatic carbocycles. The molecule has 1 atom stereocenters. The third-order valence-electron chi connectivity index (χ3n) is 4.42. The van der Waals surface area contributed by atoms with Crippen LogP contribution in [-0.4, -0.2) is 46.8 Å².